The molecule has 0 fully saturated rings. The van der Waals surface area contributed by atoms with E-state index >= 15 is 0 Å². The first kappa shape index (κ1) is 13.0. The molecule has 0 aliphatic rings. The minimum Gasteiger partial charge on any atom is -0.316 e. The average Bonchev–Trinajstić information content (AvgIpc) is 2.32. The monoisotopic (exact) mass is 310 g/mol. The zero-order valence-electron chi connectivity index (χ0n) is 10.1. The zero-order chi connectivity index (χ0) is 13.3. The van der Waals surface area contributed by atoms with Crippen molar-refractivity contribution >= 4 is 27.0 Å². The number of aromatic nitrogens is 2. The van der Waals surface area contributed by atoms with Gasteiger partial charge in [0.25, 0.3) is 0 Å². The number of nitrogens with zero attached hydrogens (tertiary/aromatic N) is 1. The Balaban J connectivity index is 2.91. The van der Waals surface area contributed by atoms with Crippen LogP contribution in [0.4, 0.5) is 0 Å². The second-order valence-electron chi connectivity index (χ2n) is 3.97. The van der Waals surface area contributed by atoms with Gasteiger partial charge in [-0.15, -0.1) is 0 Å². The molecular formula is C12H13BrN3O2. The third-order valence-electron chi connectivity index (χ3n) is 2.86. The molecule has 0 bridgehead atoms. The number of H-pyrrole nitrogens is 2. The van der Waals surface area contributed by atoms with Gasteiger partial charge in [0.2, 0.25) is 0 Å². The van der Waals surface area contributed by atoms with Crippen LogP contribution in [0.1, 0.15) is 18.1 Å². The second-order valence-corrected chi connectivity index (χ2v) is 4.83. The van der Waals surface area contributed by atoms with Crippen molar-refractivity contribution < 1.29 is 0 Å². The van der Waals surface area contributed by atoms with Gasteiger partial charge in [-0.1, -0.05) is 22.9 Å². The third-order valence-corrected chi connectivity index (χ3v) is 3.57. The van der Waals surface area contributed by atoms with E-state index in [1.807, 2.05) is 13.0 Å². The Hall–Kier alpha value is -1.40. The van der Waals surface area contributed by atoms with Crippen LogP contribution in [0.3, 0.4) is 0 Å². The molecule has 0 atom stereocenters. The fourth-order valence-corrected chi connectivity index (χ4v) is 2.80. The molecule has 1 heterocycles. The van der Waals surface area contributed by atoms with Crippen LogP contribution >= 0.6 is 15.9 Å². The van der Waals surface area contributed by atoms with E-state index in [-0.39, 0.29) is 0 Å². The molecule has 2 rings (SSSR count). The lowest BCUT2D eigenvalue weighted by atomic mass is 10.0. The van der Waals surface area contributed by atoms with Crippen LogP contribution in [0.5, 0.6) is 0 Å². The summed E-state index contributed by atoms with van der Waals surface area (Å²) in [6.45, 7) is 2.54. The average molecular weight is 311 g/mol. The minimum absolute atomic E-state index is 0.501. The summed E-state index contributed by atoms with van der Waals surface area (Å²) >= 11 is 3.49. The molecule has 5 nitrogen and oxygen atoms in total. The molecule has 2 aromatic rings. The zero-order valence-corrected chi connectivity index (χ0v) is 11.7. The highest BCUT2D eigenvalue weighted by atomic mass is 79.9. The molecule has 0 saturated heterocycles. The van der Waals surface area contributed by atoms with Gasteiger partial charge in [0.05, 0.1) is 11.0 Å². The van der Waals surface area contributed by atoms with Gasteiger partial charge < -0.3 is 9.97 Å². The van der Waals surface area contributed by atoms with E-state index < -0.39 is 11.1 Å². The van der Waals surface area contributed by atoms with Crippen molar-refractivity contribution in [2.24, 2.45) is 0 Å². The lowest BCUT2D eigenvalue weighted by Gasteiger charge is -2.12. The normalized spacial score (nSPS) is 11.1. The maximum Gasteiger partial charge on any atom is 0.314 e. The van der Waals surface area contributed by atoms with Crippen LogP contribution in [0.15, 0.2) is 20.1 Å². The predicted molar refractivity (Wildman–Crippen MR) is 74.0 cm³/mol. The summed E-state index contributed by atoms with van der Waals surface area (Å²) in [7, 11) is 1.72. The molecule has 0 unspecified atom stereocenters. The summed E-state index contributed by atoms with van der Waals surface area (Å²) in [5, 5.41) is 4.12. The highest BCUT2D eigenvalue weighted by Crippen LogP contribution is 2.27. The van der Waals surface area contributed by atoms with Crippen molar-refractivity contribution in [3.05, 3.63) is 42.4 Å². The van der Waals surface area contributed by atoms with Gasteiger partial charge in [-0.2, -0.15) is 0 Å². The topological polar surface area (TPSA) is 79.8 Å². The van der Waals surface area contributed by atoms with E-state index in [1.165, 1.54) is 0 Å². The van der Waals surface area contributed by atoms with Crippen LogP contribution in [-0.4, -0.2) is 17.0 Å². The van der Waals surface area contributed by atoms with Gasteiger partial charge in [-0.05, 0) is 23.6 Å². The first-order chi connectivity index (χ1) is 8.58. The van der Waals surface area contributed by atoms with E-state index in [4.69, 9.17) is 0 Å². The standard InChI is InChI=1S/C12H13BrN3O2/c1-3-6-7(5-14-2)10-9(4-8(6)13)15-11(17)12(18)16-10/h4H,3,5H2,1-2H3,(H,15,17)(H,16,18). The van der Waals surface area contributed by atoms with Crippen molar-refractivity contribution in [3.8, 4) is 0 Å². The summed E-state index contributed by atoms with van der Waals surface area (Å²) in [4.78, 5) is 28.0. The van der Waals surface area contributed by atoms with Gasteiger partial charge in [0.15, 0.2) is 0 Å². The first-order valence-corrected chi connectivity index (χ1v) is 6.40. The predicted octanol–water partition coefficient (Wildman–Crippen LogP) is 1.28. The summed E-state index contributed by atoms with van der Waals surface area (Å²) in [5.41, 5.74) is 2.03. The molecule has 1 radical (unpaired) electrons. The SMILES string of the molecule is CCc1c(Br)cc2[nH]c(=O)c(=O)[nH]c2c1C[N]C. The van der Waals surface area contributed by atoms with Crippen molar-refractivity contribution in [1.29, 1.82) is 0 Å². The first-order valence-electron chi connectivity index (χ1n) is 5.60. The fourth-order valence-electron chi connectivity index (χ4n) is 2.05. The fraction of sp³-hybridized carbons (Fsp3) is 0.333. The Morgan fingerprint density at radius 1 is 1.22 bits per heavy atom. The summed E-state index contributed by atoms with van der Waals surface area (Å²) in [6, 6.07) is 1.81. The maximum atomic E-state index is 11.4. The van der Waals surface area contributed by atoms with Crippen LogP contribution in [0.25, 0.3) is 11.0 Å². The molecule has 1 aromatic heterocycles. The molecule has 0 saturated carbocycles. The molecule has 0 amide bonds. The largest absolute Gasteiger partial charge is 0.316 e. The summed E-state index contributed by atoms with van der Waals surface area (Å²) in [5.74, 6) is 0. The van der Waals surface area contributed by atoms with Gasteiger partial charge in [-0.3, -0.25) is 9.59 Å². The Kier molecular flexibility index (Phi) is 3.68. The highest BCUT2D eigenvalue weighted by Gasteiger charge is 2.12. The molecular weight excluding hydrogens is 298 g/mol. The van der Waals surface area contributed by atoms with Crippen molar-refractivity contribution in [2.45, 2.75) is 19.9 Å². The molecule has 6 heteroatoms. The highest BCUT2D eigenvalue weighted by molar-refractivity contribution is 9.10. The van der Waals surface area contributed by atoms with Crippen LogP contribution in [-0.2, 0) is 13.0 Å². The molecule has 0 spiro atoms. The van der Waals surface area contributed by atoms with Gasteiger partial charge in [0.1, 0.15) is 0 Å². The molecule has 18 heavy (non-hydrogen) atoms. The molecule has 2 N–H and O–H groups in total. The van der Waals surface area contributed by atoms with E-state index in [0.29, 0.717) is 17.6 Å². The third kappa shape index (κ3) is 2.13. The second kappa shape index (κ2) is 5.07. The lowest BCUT2D eigenvalue weighted by Crippen LogP contribution is -2.29. The van der Waals surface area contributed by atoms with Gasteiger partial charge in [-0.25, -0.2) is 5.32 Å². The van der Waals surface area contributed by atoms with Crippen LogP contribution in [0.2, 0.25) is 0 Å². The lowest BCUT2D eigenvalue weighted by molar-refractivity contribution is 0.791. The number of benzene rings is 1. The van der Waals surface area contributed by atoms with Crippen molar-refractivity contribution in [1.82, 2.24) is 15.3 Å². The Labute approximate surface area is 112 Å². The molecule has 95 valence electrons. The van der Waals surface area contributed by atoms with Crippen molar-refractivity contribution in [2.75, 3.05) is 7.05 Å². The summed E-state index contributed by atoms with van der Waals surface area (Å²) < 4.78 is 0.916. The molecule has 1 aromatic carbocycles. The Morgan fingerprint density at radius 2 is 1.89 bits per heavy atom. The Bertz CT molecular complexity index is 703. The number of aromatic amines is 2. The van der Waals surface area contributed by atoms with E-state index in [9.17, 15) is 9.59 Å². The minimum atomic E-state index is -0.641. The van der Waals surface area contributed by atoms with E-state index in [2.05, 4.69) is 31.2 Å². The van der Waals surface area contributed by atoms with Crippen LogP contribution in [0, 0.1) is 0 Å². The molecule has 0 aliphatic heterocycles. The number of hydrogen-bond acceptors (Lipinski definition) is 2. The number of fused-ring (bicyclic) bond motifs is 1. The smallest absolute Gasteiger partial charge is 0.314 e. The molecule has 0 aliphatic carbocycles. The van der Waals surface area contributed by atoms with E-state index in [1.54, 1.807) is 7.05 Å². The van der Waals surface area contributed by atoms with Crippen LogP contribution < -0.4 is 16.4 Å². The Morgan fingerprint density at radius 3 is 2.50 bits per heavy atom. The number of halogens is 1. The number of hydrogen-bond donors (Lipinski definition) is 2. The number of nitrogens with one attached hydrogen (secondary N) is 2. The maximum absolute atomic E-state index is 11.4. The quantitative estimate of drug-likeness (QED) is 0.837. The van der Waals surface area contributed by atoms with Crippen molar-refractivity contribution in [3.63, 3.8) is 0 Å². The van der Waals surface area contributed by atoms with Gasteiger partial charge >= 0.3 is 11.1 Å². The van der Waals surface area contributed by atoms with E-state index in [0.717, 1.165) is 22.0 Å². The number of rotatable bonds is 3. The summed E-state index contributed by atoms with van der Waals surface area (Å²) in [6.07, 6.45) is 0.822. The van der Waals surface area contributed by atoms with Gasteiger partial charge in [0, 0.05) is 18.1 Å².